The minimum atomic E-state index is -4.11. The lowest BCUT2D eigenvalue weighted by molar-refractivity contribution is -1.11. The van der Waals surface area contributed by atoms with E-state index in [9.17, 15) is 13.2 Å². The average molecular weight is 630 g/mol. The number of amides is 1. The molecular weight excluding hydrogens is 597 g/mol. The van der Waals surface area contributed by atoms with Crippen molar-refractivity contribution in [3.8, 4) is 0 Å². The third kappa shape index (κ3) is 7.10. The largest absolute Gasteiger partial charge is 0.383 e. The zero-order chi connectivity index (χ0) is 28.3. The summed E-state index contributed by atoms with van der Waals surface area (Å²) in [4.78, 5) is 13.7. The van der Waals surface area contributed by atoms with Crippen LogP contribution in [0, 0.1) is 0 Å². The number of nitrogens with zero attached hydrogens (tertiary/aromatic N) is 3. The highest BCUT2D eigenvalue weighted by Crippen LogP contribution is 2.40. The first-order valence-electron chi connectivity index (χ1n) is 13.6. The van der Waals surface area contributed by atoms with Crippen LogP contribution in [-0.2, 0) is 19.4 Å². The highest BCUT2D eigenvalue weighted by molar-refractivity contribution is 7.84. The van der Waals surface area contributed by atoms with Crippen molar-refractivity contribution in [1.29, 1.82) is 0 Å². The third-order valence-electron chi connectivity index (χ3n) is 7.58. The van der Waals surface area contributed by atoms with Crippen molar-refractivity contribution >= 4 is 62.4 Å². The Labute approximate surface area is 250 Å². The van der Waals surface area contributed by atoms with Gasteiger partial charge in [-0.1, -0.05) is 71.0 Å². The highest BCUT2D eigenvalue weighted by Gasteiger charge is 2.43. The van der Waals surface area contributed by atoms with Gasteiger partial charge < -0.3 is 0 Å². The van der Waals surface area contributed by atoms with E-state index in [1.54, 1.807) is 35.3 Å². The van der Waals surface area contributed by atoms with E-state index >= 15 is 0 Å². The lowest BCUT2D eigenvalue weighted by atomic mass is 9.96. The van der Waals surface area contributed by atoms with Gasteiger partial charge in [0.05, 0.1) is 16.8 Å². The van der Waals surface area contributed by atoms with Gasteiger partial charge in [-0.3, -0.25) is 9.80 Å². The molecule has 2 aliphatic heterocycles. The van der Waals surface area contributed by atoms with Crippen LogP contribution >= 0.6 is 34.8 Å². The molecule has 1 aliphatic carbocycles. The smallest absolute Gasteiger partial charge is 0.263 e. The topological polar surface area (TPSA) is 100 Å². The normalized spacial score (nSPS) is 21.7. The van der Waals surface area contributed by atoms with E-state index in [0.717, 1.165) is 44.1 Å². The average Bonchev–Trinajstić information content (AvgIpc) is 3.35. The van der Waals surface area contributed by atoms with Crippen LogP contribution in [0.4, 0.5) is 5.69 Å². The molecule has 3 aliphatic rings. The van der Waals surface area contributed by atoms with E-state index in [1.807, 2.05) is 12.1 Å². The summed E-state index contributed by atoms with van der Waals surface area (Å²) >= 11 is 18.8. The second-order valence-electron chi connectivity index (χ2n) is 10.6. The van der Waals surface area contributed by atoms with E-state index in [0.29, 0.717) is 46.7 Å². The van der Waals surface area contributed by atoms with Gasteiger partial charge in [-0.25, -0.2) is 0 Å². The molecule has 1 amide bonds. The Morgan fingerprint density at radius 3 is 2.25 bits per heavy atom. The molecule has 13 heteroatoms. The van der Waals surface area contributed by atoms with Gasteiger partial charge in [-0.15, -0.1) is 0 Å². The first kappa shape index (κ1) is 29.6. The van der Waals surface area contributed by atoms with E-state index in [4.69, 9.17) is 39.1 Å². The summed E-state index contributed by atoms with van der Waals surface area (Å²) in [6.45, 7) is 0.663. The molecule has 2 aromatic carbocycles. The van der Waals surface area contributed by atoms with Crippen LogP contribution < -0.4 is 15.2 Å². The zero-order valence-corrected chi connectivity index (χ0v) is 25.1. The number of nitrogens with one attached hydrogen (secondary N) is 2. The number of carbonyl (C=O) groups excluding carboxylic acids is 1. The van der Waals surface area contributed by atoms with Gasteiger partial charge in [-0.2, -0.15) is 23.7 Å². The summed E-state index contributed by atoms with van der Waals surface area (Å²) in [6.07, 6.45) is 7.24. The lowest BCUT2D eigenvalue weighted by Gasteiger charge is -2.36. The second-order valence-corrected chi connectivity index (χ2v) is 13.2. The molecular formula is C27H33Cl3N5O4S+. The lowest BCUT2D eigenvalue weighted by Crippen LogP contribution is -2.65. The zero-order valence-electron chi connectivity index (χ0n) is 22.0. The van der Waals surface area contributed by atoms with Crippen molar-refractivity contribution in [2.45, 2.75) is 69.9 Å². The van der Waals surface area contributed by atoms with Gasteiger partial charge >= 0.3 is 16.2 Å². The van der Waals surface area contributed by atoms with E-state index in [-0.39, 0.29) is 24.2 Å². The Kier molecular flexibility index (Phi) is 9.26. The fourth-order valence-electron chi connectivity index (χ4n) is 5.59. The first-order valence-corrected chi connectivity index (χ1v) is 16.2. The molecule has 40 heavy (non-hydrogen) atoms. The summed E-state index contributed by atoms with van der Waals surface area (Å²) in [5, 5.41) is 7.82. The molecule has 1 atom stereocenters. The molecule has 0 bridgehead atoms. The van der Waals surface area contributed by atoms with Crippen LogP contribution in [0.25, 0.3) is 0 Å². The number of rotatable bonds is 8. The minimum Gasteiger partial charge on any atom is -0.263 e. The molecule has 2 fully saturated rings. The summed E-state index contributed by atoms with van der Waals surface area (Å²) in [5.74, 6) is -0.499. The molecule has 1 saturated heterocycles. The number of anilines is 1. The summed E-state index contributed by atoms with van der Waals surface area (Å²) in [7, 11) is -4.11. The maximum atomic E-state index is 13.7. The number of quaternary nitrogens is 1. The van der Waals surface area contributed by atoms with Crippen LogP contribution in [0.1, 0.15) is 69.4 Å². The predicted molar refractivity (Wildman–Crippen MR) is 157 cm³/mol. The van der Waals surface area contributed by atoms with E-state index < -0.39 is 21.0 Å². The third-order valence-corrected chi connectivity index (χ3v) is 9.48. The monoisotopic (exact) mass is 628 g/mol. The number of hydrogen-bond acceptors (Lipinski definition) is 6. The Hall–Kier alpha value is -1.92. The number of halogens is 3. The Morgan fingerprint density at radius 1 is 0.925 bits per heavy atom. The SMILES string of the molecule is O=C(N[N+]1(OS(=O)(=O)NC2CCCCC2)CCCCC1)C1=NN(c2ccc(Cl)cc2Cl)[C@@H](c2ccc(Cl)cc2)C1. The molecule has 2 heterocycles. The quantitative estimate of drug-likeness (QED) is 0.345. The fourth-order valence-corrected chi connectivity index (χ4v) is 7.46. The Bertz CT molecular complexity index is 1360. The summed E-state index contributed by atoms with van der Waals surface area (Å²) in [5.41, 5.74) is 4.58. The van der Waals surface area contributed by atoms with Crippen LogP contribution in [0.15, 0.2) is 47.6 Å². The second kappa shape index (κ2) is 12.5. The predicted octanol–water partition coefficient (Wildman–Crippen LogP) is 6.08. The molecule has 0 spiro atoms. The fraction of sp³-hybridized carbons (Fsp3) is 0.481. The highest BCUT2D eigenvalue weighted by atomic mass is 35.5. The van der Waals surface area contributed by atoms with Gasteiger partial charge in [0.1, 0.15) is 18.8 Å². The molecule has 0 radical (unpaired) electrons. The number of hydroxylamine groups is 2. The Morgan fingerprint density at radius 2 is 1.57 bits per heavy atom. The van der Waals surface area contributed by atoms with Gasteiger partial charge in [0.15, 0.2) is 0 Å². The van der Waals surface area contributed by atoms with Crippen molar-refractivity contribution in [3.63, 3.8) is 0 Å². The van der Waals surface area contributed by atoms with Crippen molar-refractivity contribution in [2.24, 2.45) is 5.10 Å². The summed E-state index contributed by atoms with van der Waals surface area (Å²) < 4.78 is 34.0. The standard InChI is InChI=1S/C27H32Cl3N5O4S/c28-20-11-9-19(10-12-20)26-18-24(31-34(26)25-14-13-21(29)17-23(25)30)27(36)32-35(15-5-2-6-16-35)39-40(37,38)33-22-7-3-1-4-8-22/h9-14,17,22,26,33H,1-8,15-16,18H2/p+1/t26-/m1/s1. The first-order chi connectivity index (χ1) is 19.1. The van der Waals surface area contributed by atoms with Crippen molar-refractivity contribution < 1.29 is 22.3 Å². The van der Waals surface area contributed by atoms with Gasteiger partial charge in [-0.05, 0) is 59.4 Å². The van der Waals surface area contributed by atoms with Gasteiger partial charge in [0, 0.05) is 35.3 Å². The molecule has 9 nitrogen and oxygen atoms in total. The molecule has 0 aromatic heterocycles. The van der Waals surface area contributed by atoms with Crippen molar-refractivity contribution in [3.05, 3.63) is 63.1 Å². The number of carbonyl (C=O) groups is 1. The van der Waals surface area contributed by atoms with Gasteiger partial charge in [0.25, 0.3) is 0 Å². The maximum absolute atomic E-state index is 13.7. The Balaban J connectivity index is 1.39. The summed E-state index contributed by atoms with van der Waals surface area (Å²) in [6, 6.07) is 11.9. The molecule has 2 N–H and O–H groups in total. The van der Waals surface area contributed by atoms with Crippen LogP contribution in [0.2, 0.25) is 15.1 Å². The van der Waals surface area contributed by atoms with Crippen molar-refractivity contribution in [2.75, 3.05) is 18.1 Å². The van der Waals surface area contributed by atoms with Crippen molar-refractivity contribution in [1.82, 2.24) is 10.1 Å². The minimum absolute atomic E-state index is 0.156. The molecule has 1 saturated carbocycles. The van der Waals surface area contributed by atoms with Crippen LogP contribution in [0.3, 0.4) is 0 Å². The van der Waals surface area contributed by atoms with E-state index in [1.165, 1.54) is 0 Å². The molecule has 0 unspecified atom stereocenters. The number of hydrazone groups is 1. The van der Waals surface area contributed by atoms with Crippen LogP contribution in [0.5, 0.6) is 0 Å². The number of piperidine rings is 1. The number of hydrogen-bond donors (Lipinski definition) is 2. The molecule has 2 aromatic rings. The van der Waals surface area contributed by atoms with Crippen LogP contribution in [-0.4, -0.2) is 43.9 Å². The van der Waals surface area contributed by atoms with E-state index in [2.05, 4.69) is 15.2 Å². The molecule has 216 valence electrons. The maximum Gasteiger partial charge on any atom is 0.383 e. The van der Waals surface area contributed by atoms with Gasteiger partial charge in [0.2, 0.25) is 0 Å². The number of benzene rings is 2. The molecule has 5 rings (SSSR count).